The van der Waals surface area contributed by atoms with Crippen LogP contribution in [0.2, 0.25) is 5.02 Å². The Kier molecular flexibility index (Phi) is 7.68. The van der Waals surface area contributed by atoms with Crippen LogP contribution in [-0.4, -0.2) is 32.9 Å². The van der Waals surface area contributed by atoms with Crippen LogP contribution in [0.25, 0.3) is 0 Å². The smallest absolute Gasteiger partial charge is 0.319 e. The highest BCUT2D eigenvalue weighted by molar-refractivity contribution is 7.90. The number of nitrogens with one attached hydrogen (secondary N) is 2. The minimum absolute atomic E-state index is 0.0604. The van der Waals surface area contributed by atoms with Crippen molar-refractivity contribution >= 4 is 33.2 Å². The van der Waals surface area contributed by atoms with E-state index < -0.39 is 27.4 Å². The first kappa shape index (κ1) is 26.1. The zero-order valence-corrected chi connectivity index (χ0v) is 22.0. The van der Waals surface area contributed by atoms with Crippen LogP contribution in [0.3, 0.4) is 0 Å². The van der Waals surface area contributed by atoms with E-state index >= 15 is 0 Å². The highest BCUT2D eigenvalue weighted by atomic mass is 35.5. The summed E-state index contributed by atoms with van der Waals surface area (Å²) in [5.74, 6) is -0.935. The maximum atomic E-state index is 14.7. The van der Waals surface area contributed by atoms with E-state index in [9.17, 15) is 17.6 Å². The van der Waals surface area contributed by atoms with Gasteiger partial charge in [0.05, 0.1) is 16.7 Å². The lowest BCUT2D eigenvalue weighted by atomic mass is 9.97. The maximum absolute atomic E-state index is 14.7. The van der Waals surface area contributed by atoms with Gasteiger partial charge < -0.3 is 15.5 Å². The van der Waals surface area contributed by atoms with Gasteiger partial charge in [0, 0.05) is 29.4 Å². The van der Waals surface area contributed by atoms with Gasteiger partial charge in [0.25, 0.3) is 0 Å². The molecule has 1 atom stereocenters. The summed E-state index contributed by atoms with van der Waals surface area (Å²) in [5, 5.41) is 6.13. The summed E-state index contributed by atoms with van der Waals surface area (Å²) < 4.78 is 40.7. The lowest BCUT2D eigenvalue weighted by Crippen LogP contribution is -2.31. The lowest BCUT2D eigenvalue weighted by molar-refractivity contribution is 0.249. The SMILES string of the molecule is Cc1cccc(C(C)NC(=O)Nc2ccc(S(=O)(=O)Cc3cc4c(cc3F)CN(C)CC4)cc2)c1Cl. The van der Waals surface area contributed by atoms with Crippen LogP contribution in [-0.2, 0) is 28.6 Å². The van der Waals surface area contributed by atoms with Crippen LogP contribution in [0, 0.1) is 12.7 Å². The Morgan fingerprint density at radius 3 is 2.58 bits per heavy atom. The predicted molar refractivity (Wildman–Crippen MR) is 141 cm³/mol. The molecule has 190 valence electrons. The molecule has 1 heterocycles. The Bertz CT molecular complexity index is 1390. The molecule has 1 aliphatic heterocycles. The van der Waals surface area contributed by atoms with Crippen molar-refractivity contribution in [3.63, 3.8) is 0 Å². The predicted octanol–water partition coefficient (Wildman–Crippen LogP) is 5.63. The number of halogens is 2. The highest BCUT2D eigenvalue weighted by Gasteiger charge is 2.22. The number of hydrogen-bond acceptors (Lipinski definition) is 4. The molecular formula is C27H29ClFN3O3S. The summed E-state index contributed by atoms with van der Waals surface area (Å²) in [6, 6.07) is 13.8. The quantitative estimate of drug-likeness (QED) is 0.433. The maximum Gasteiger partial charge on any atom is 0.319 e. The fourth-order valence-corrected chi connectivity index (χ4v) is 6.00. The first-order valence-electron chi connectivity index (χ1n) is 11.7. The fourth-order valence-electron chi connectivity index (χ4n) is 4.36. The molecule has 0 bridgehead atoms. The van der Waals surface area contributed by atoms with E-state index in [1.165, 1.54) is 30.3 Å². The molecule has 3 aromatic rings. The molecule has 1 aliphatic rings. The van der Waals surface area contributed by atoms with Gasteiger partial charge in [-0.2, -0.15) is 0 Å². The van der Waals surface area contributed by atoms with Gasteiger partial charge in [0.2, 0.25) is 0 Å². The molecule has 3 aromatic carbocycles. The number of urea groups is 1. The van der Waals surface area contributed by atoms with Crippen molar-refractivity contribution in [2.45, 2.75) is 43.5 Å². The molecule has 9 heteroatoms. The number of rotatable bonds is 6. The Hall–Kier alpha value is -2.94. The molecule has 0 aromatic heterocycles. The Morgan fingerprint density at radius 1 is 1.14 bits per heavy atom. The van der Waals surface area contributed by atoms with Crippen LogP contribution in [0.1, 0.15) is 40.8 Å². The summed E-state index contributed by atoms with van der Waals surface area (Å²) in [7, 11) is -1.80. The molecule has 0 radical (unpaired) electrons. The topological polar surface area (TPSA) is 78.5 Å². The van der Waals surface area contributed by atoms with Crippen molar-refractivity contribution in [3.05, 3.63) is 93.3 Å². The third kappa shape index (κ3) is 5.88. The number of benzene rings is 3. The number of aryl methyl sites for hydroxylation is 1. The molecule has 0 fully saturated rings. The average Bonchev–Trinajstić information content (AvgIpc) is 2.81. The van der Waals surface area contributed by atoms with Gasteiger partial charge in [0.1, 0.15) is 5.82 Å². The van der Waals surface area contributed by atoms with Crippen molar-refractivity contribution in [2.24, 2.45) is 0 Å². The third-order valence-corrected chi connectivity index (χ3v) is 8.62. The molecule has 6 nitrogen and oxygen atoms in total. The number of nitrogens with zero attached hydrogens (tertiary/aromatic N) is 1. The van der Waals surface area contributed by atoms with Gasteiger partial charge in [-0.15, -0.1) is 0 Å². The molecule has 4 rings (SSSR count). The summed E-state index contributed by atoms with van der Waals surface area (Å²) in [6.45, 7) is 5.22. The first-order valence-corrected chi connectivity index (χ1v) is 13.7. The van der Waals surface area contributed by atoms with Crippen molar-refractivity contribution in [2.75, 3.05) is 18.9 Å². The van der Waals surface area contributed by atoms with Crippen molar-refractivity contribution < 1.29 is 17.6 Å². The Balaban J connectivity index is 1.42. The number of amides is 2. The van der Waals surface area contributed by atoms with Crippen LogP contribution in [0.5, 0.6) is 0 Å². The van der Waals surface area contributed by atoms with E-state index in [2.05, 4.69) is 15.5 Å². The van der Waals surface area contributed by atoms with E-state index in [4.69, 9.17) is 11.6 Å². The van der Waals surface area contributed by atoms with E-state index in [0.717, 1.165) is 35.2 Å². The highest BCUT2D eigenvalue weighted by Crippen LogP contribution is 2.27. The van der Waals surface area contributed by atoms with Crippen LogP contribution in [0.4, 0.5) is 14.9 Å². The van der Waals surface area contributed by atoms with Crippen molar-refractivity contribution in [1.82, 2.24) is 10.2 Å². The Labute approximate surface area is 216 Å². The van der Waals surface area contributed by atoms with E-state index in [1.54, 1.807) is 6.07 Å². The zero-order chi connectivity index (χ0) is 26.0. The van der Waals surface area contributed by atoms with E-state index in [-0.39, 0.29) is 16.5 Å². The number of carbonyl (C=O) groups excluding carboxylic acids is 1. The molecular weight excluding hydrogens is 501 g/mol. The average molecular weight is 530 g/mol. The van der Waals surface area contributed by atoms with Gasteiger partial charge in [-0.3, -0.25) is 0 Å². The molecule has 0 saturated carbocycles. The number of hydrogen-bond donors (Lipinski definition) is 2. The second kappa shape index (κ2) is 10.6. The molecule has 36 heavy (non-hydrogen) atoms. The molecule has 0 saturated heterocycles. The summed E-state index contributed by atoms with van der Waals surface area (Å²) >= 11 is 6.35. The minimum atomic E-state index is -3.78. The summed E-state index contributed by atoms with van der Waals surface area (Å²) in [5.41, 5.74) is 4.21. The van der Waals surface area contributed by atoms with Gasteiger partial charge in [0.15, 0.2) is 9.84 Å². The largest absolute Gasteiger partial charge is 0.331 e. The van der Waals surface area contributed by atoms with Gasteiger partial charge in [-0.05, 0) is 79.9 Å². The molecule has 0 aliphatic carbocycles. The van der Waals surface area contributed by atoms with Crippen molar-refractivity contribution in [3.8, 4) is 0 Å². The zero-order valence-electron chi connectivity index (χ0n) is 20.4. The normalized spacial score (nSPS) is 14.7. The van der Waals surface area contributed by atoms with Crippen LogP contribution < -0.4 is 10.6 Å². The number of anilines is 1. The molecule has 0 spiro atoms. The van der Waals surface area contributed by atoms with E-state index in [0.29, 0.717) is 17.3 Å². The third-order valence-electron chi connectivity index (χ3n) is 6.42. The minimum Gasteiger partial charge on any atom is -0.331 e. The van der Waals surface area contributed by atoms with Gasteiger partial charge in [-0.1, -0.05) is 35.9 Å². The summed E-state index contributed by atoms with van der Waals surface area (Å²) in [6.07, 6.45) is 0.760. The number of likely N-dealkylation sites (N-methyl/N-ethyl adjacent to an activating group) is 1. The molecule has 2 amide bonds. The molecule has 2 N–H and O–H groups in total. The number of carbonyl (C=O) groups is 1. The molecule has 1 unspecified atom stereocenters. The monoisotopic (exact) mass is 529 g/mol. The first-order chi connectivity index (χ1) is 17.0. The Morgan fingerprint density at radius 2 is 1.86 bits per heavy atom. The number of sulfone groups is 1. The summed E-state index contributed by atoms with van der Waals surface area (Å²) in [4.78, 5) is 14.6. The fraction of sp³-hybridized carbons (Fsp3) is 0.296. The van der Waals surface area contributed by atoms with Gasteiger partial charge in [-0.25, -0.2) is 17.6 Å². The standard InChI is InChI=1S/C27H29ClFN3O3S/c1-17-5-4-6-24(26(17)28)18(2)30-27(33)31-22-7-9-23(10-8-22)36(34,35)16-21-13-19-11-12-32(3)15-20(19)14-25(21)29/h4-10,13-14,18H,11-12,15-16H2,1-3H3,(H2,30,31,33). The second-order valence-electron chi connectivity index (χ2n) is 9.28. The van der Waals surface area contributed by atoms with Crippen molar-refractivity contribution in [1.29, 1.82) is 0 Å². The van der Waals surface area contributed by atoms with Gasteiger partial charge >= 0.3 is 6.03 Å². The van der Waals surface area contributed by atoms with E-state index in [1.807, 2.05) is 39.1 Å². The van der Waals surface area contributed by atoms with Crippen LogP contribution >= 0.6 is 11.6 Å². The number of fused-ring (bicyclic) bond motifs is 1. The van der Waals surface area contributed by atoms with Crippen LogP contribution in [0.15, 0.2) is 59.5 Å². The lowest BCUT2D eigenvalue weighted by Gasteiger charge is -2.25. The second-order valence-corrected chi connectivity index (χ2v) is 11.6.